The van der Waals surface area contributed by atoms with E-state index >= 15 is 0 Å². The minimum atomic E-state index is -0.703. The predicted molar refractivity (Wildman–Crippen MR) is 97.4 cm³/mol. The molecule has 0 atom stereocenters. The number of hydrogen-bond donors (Lipinski definition) is 2. The van der Waals surface area contributed by atoms with E-state index in [9.17, 15) is 9.90 Å². The van der Waals surface area contributed by atoms with Gasteiger partial charge in [-0.1, -0.05) is 30.3 Å². The quantitative estimate of drug-likeness (QED) is 0.678. The highest BCUT2D eigenvalue weighted by atomic mass is 35.5. The number of amides is 1. The first-order valence-corrected chi connectivity index (χ1v) is 8.27. The van der Waals surface area contributed by atoms with E-state index < -0.39 is 11.7 Å². The SMILES string of the molecule is CC(C)(C)OC(=O)Nc1nc(Cl)nc2c1nc(O)n2Cc1ccccc1. The Balaban J connectivity index is 1.99. The number of carbonyl (C=O) groups excluding carboxylic acids is 1. The number of fused-ring (bicyclic) bond motifs is 1. The molecule has 0 saturated carbocycles. The Labute approximate surface area is 154 Å². The van der Waals surface area contributed by atoms with Crippen LogP contribution in [0.4, 0.5) is 10.6 Å². The maximum Gasteiger partial charge on any atom is 0.413 e. The second-order valence-corrected chi connectivity index (χ2v) is 6.96. The van der Waals surface area contributed by atoms with Gasteiger partial charge in [0, 0.05) is 0 Å². The molecule has 0 aliphatic carbocycles. The third kappa shape index (κ3) is 4.02. The van der Waals surface area contributed by atoms with Gasteiger partial charge in [0.05, 0.1) is 6.54 Å². The number of nitrogens with zero attached hydrogens (tertiary/aromatic N) is 4. The number of hydrogen-bond acceptors (Lipinski definition) is 6. The molecule has 2 N–H and O–H groups in total. The first-order chi connectivity index (χ1) is 12.2. The predicted octanol–water partition coefficient (Wildman–Crippen LogP) is 3.58. The molecular formula is C17H18ClN5O3. The van der Waals surface area contributed by atoms with Gasteiger partial charge in [-0.05, 0) is 37.9 Å². The molecule has 0 unspecified atom stereocenters. The number of anilines is 1. The lowest BCUT2D eigenvalue weighted by molar-refractivity contribution is 0.0635. The fraction of sp³-hybridized carbons (Fsp3) is 0.294. The van der Waals surface area contributed by atoms with Crippen molar-refractivity contribution < 1.29 is 14.6 Å². The number of aromatic nitrogens is 4. The molecule has 0 bridgehead atoms. The zero-order valence-corrected chi connectivity index (χ0v) is 15.3. The molecule has 26 heavy (non-hydrogen) atoms. The number of halogens is 1. The summed E-state index contributed by atoms with van der Waals surface area (Å²) in [6.07, 6.45) is -0.703. The summed E-state index contributed by atoms with van der Waals surface area (Å²) in [5.41, 5.74) is 0.791. The average molecular weight is 376 g/mol. The monoisotopic (exact) mass is 375 g/mol. The second kappa shape index (κ2) is 6.80. The summed E-state index contributed by atoms with van der Waals surface area (Å²) in [7, 11) is 0. The molecule has 0 aliphatic rings. The molecule has 3 aromatic rings. The number of nitrogens with one attached hydrogen (secondary N) is 1. The zero-order chi connectivity index (χ0) is 18.9. The van der Waals surface area contributed by atoms with Crippen LogP contribution in [0.2, 0.25) is 5.28 Å². The maximum absolute atomic E-state index is 12.0. The molecule has 3 rings (SSSR count). The van der Waals surface area contributed by atoms with Crippen LogP contribution in [0.5, 0.6) is 6.01 Å². The van der Waals surface area contributed by atoms with Crippen molar-refractivity contribution in [1.82, 2.24) is 19.5 Å². The summed E-state index contributed by atoms with van der Waals surface area (Å²) in [4.78, 5) is 24.2. The molecule has 0 fully saturated rings. The van der Waals surface area contributed by atoms with Crippen molar-refractivity contribution in [3.63, 3.8) is 0 Å². The molecule has 8 nitrogen and oxygen atoms in total. The Morgan fingerprint density at radius 2 is 1.92 bits per heavy atom. The van der Waals surface area contributed by atoms with Crippen LogP contribution < -0.4 is 5.32 Å². The Morgan fingerprint density at radius 3 is 2.58 bits per heavy atom. The van der Waals surface area contributed by atoms with Gasteiger partial charge in [-0.2, -0.15) is 15.0 Å². The minimum Gasteiger partial charge on any atom is -0.480 e. The lowest BCUT2D eigenvalue weighted by atomic mass is 10.2. The number of aromatic hydroxyl groups is 1. The van der Waals surface area contributed by atoms with E-state index in [1.165, 1.54) is 4.57 Å². The van der Waals surface area contributed by atoms with Crippen LogP contribution in [0, 0.1) is 0 Å². The highest BCUT2D eigenvalue weighted by Crippen LogP contribution is 2.27. The lowest BCUT2D eigenvalue weighted by Gasteiger charge is -2.19. The van der Waals surface area contributed by atoms with Gasteiger partial charge in [-0.15, -0.1) is 0 Å². The van der Waals surface area contributed by atoms with Crippen LogP contribution in [-0.4, -0.2) is 36.3 Å². The highest BCUT2D eigenvalue weighted by Gasteiger charge is 2.21. The number of carbonyl (C=O) groups is 1. The molecule has 136 valence electrons. The van der Waals surface area contributed by atoms with Crippen molar-refractivity contribution in [1.29, 1.82) is 0 Å². The van der Waals surface area contributed by atoms with Gasteiger partial charge >= 0.3 is 6.09 Å². The minimum absolute atomic E-state index is 0.0661. The van der Waals surface area contributed by atoms with Crippen molar-refractivity contribution in [2.45, 2.75) is 32.9 Å². The largest absolute Gasteiger partial charge is 0.480 e. The molecule has 1 amide bonds. The third-order valence-electron chi connectivity index (χ3n) is 3.35. The number of benzene rings is 1. The lowest BCUT2D eigenvalue weighted by Crippen LogP contribution is -2.27. The fourth-order valence-corrected chi connectivity index (χ4v) is 2.53. The molecule has 0 aliphatic heterocycles. The van der Waals surface area contributed by atoms with Gasteiger partial charge in [-0.25, -0.2) is 4.79 Å². The van der Waals surface area contributed by atoms with Crippen LogP contribution in [-0.2, 0) is 11.3 Å². The van der Waals surface area contributed by atoms with Crippen molar-refractivity contribution >= 4 is 34.7 Å². The topological polar surface area (TPSA) is 102 Å². The van der Waals surface area contributed by atoms with Crippen LogP contribution in [0.1, 0.15) is 26.3 Å². The highest BCUT2D eigenvalue weighted by molar-refractivity contribution is 6.28. The second-order valence-electron chi connectivity index (χ2n) is 6.62. The Hall–Kier alpha value is -2.87. The summed E-state index contributed by atoms with van der Waals surface area (Å²) in [5.74, 6) is 0.0661. The zero-order valence-electron chi connectivity index (χ0n) is 14.5. The maximum atomic E-state index is 12.0. The molecular weight excluding hydrogens is 358 g/mol. The van der Waals surface area contributed by atoms with E-state index in [0.29, 0.717) is 12.2 Å². The molecule has 2 heterocycles. The summed E-state index contributed by atoms with van der Waals surface area (Å²) < 4.78 is 6.70. The summed E-state index contributed by atoms with van der Waals surface area (Å²) in [6.45, 7) is 5.57. The smallest absolute Gasteiger partial charge is 0.413 e. The van der Waals surface area contributed by atoms with Gasteiger partial charge < -0.3 is 9.84 Å². The number of ether oxygens (including phenoxy) is 1. The van der Waals surface area contributed by atoms with Crippen LogP contribution in [0.3, 0.4) is 0 Å². The molecule has 9 heteroatoms. The third-order valence-corrected chi connectivity index (χ3v) is 3.52. The normalized spacial score (nSPS) is 11.5. The van der Waals surface area contributed by atoms with E-state index in [1.54, 1.807) is 20.8 Å². The van der Waals surface area contributed by atoms with E-state index in [-0.39, 0.29) is 22.6 Å². The van der Waals surface area contributed by atoms with Gasteiger partial charge in [-0.3, -0.25) is 9.88 Å². The number of rotatable bonds is 3. The Kier molecular flexibility index (Phi) is 4.69. The summed E-state index contributed by atoms with van der Waals surface area (Å²) in [5, 5.41) is 12.6. The van der Waals surface area contributed by atoms with Gasteiger partial charge in [0.1, 0.15) is 5.60 Å². The van der Waals surface area contributed by atoms with Gasteiger partial charge in [0.2, 0.25) is 5.28 Å². The van der Waals surface area contributed by atoms with E-state index in [0.717, 1.165) is 5.56 Å². The van der Waals surface area contributed by atoms with E-state index in [4.69, 9.17) is 16.3 Å². The molecule has 0 spiro atoms. The van der Waals surface area contributed by atoms with Crippen molar-refractivity contribution in [3.8, 4) is 6.01 Å². The average Bonchev–Trinajstić information content (AvgIpc) is 2.83. The molecule has 2 aromatic heterocycles. The van der Waals surface area contributed by atoms with Gasteiger partial charge in [0.25, 0.3) is 6.01 Å². The first-order valence-electron chi connectivity index (χ1n) is 7.89. The van der Waals surface area contributed by atoms with Crippen LogP contribution in [0.25, 0.3) is 11.2 Å². The van der Waals surface area contributed by atoms with Crippen molar-refractivity contribution in [2.24, 2.45) is 0 Å². The Bertz CT molecular complexity index is 950. The molecule has 0 radical (unpaired) electrons. The summed E-state index contributed by atoms with van der Waals surface area (Å²) >= 11 is 5.99. The number of imidazole rings is 1. The van der Waals surface area contributed by atoms with Crippen LogP contribution in [0.15, 0.2) is 30.3 Å². The standard InChI is InChI=1S/C17H18ClN5O3/c1-17(2,3)26-16(25)21-12-11-13(22-14(18)20-12)23(15(24)19-11)9-10-7-5-4-6-8-10/h4-8H,9H2,1-3H3,(H,19,24)(H,20,21,22,25). The van der Waals surface area contributed by atoms with Crippen molar-refractivity contribution in [2.75, 3.05) is 5.32 Å². The summed E-state index contributed by atoms with van der Waals surface area (Å²) in [6, 6.07) is 9.25. The fourth-order valence-electron chi connectivity index (χ4n) is 2.36. The van der Waals surface area contributed by atoms with E-state index in [2.05, 4.69) is 20.3 Å². The first kappa shape index (κ1) is 17.9. The Morgan fingerprint density at radius 1 is 1.23 bits per heavy atom. The molecule has 1 aromatic carbocycles. The van der Waals surface area contributed by atoms with Crippen LogP contribution >= 0.6 is 11.6 Å². The van der Waals surface area contributed by atoms with E-state index in [1.807, 2.05) is 30.3 Å². The molecule has 0 saturated heterocycles. The van der Waals surface area contributed by atoms with Gasteiger partial charge in [0.15, 0.2) is 17.0 Å². The van der Waals surface area contributed by atoms with Crippen molar-refractivity contribution in [3.05, 3.63) is 41.2 Å².